The summed E-state index contributed by atoms with van der Waals surface area (Å²) in [5, 5.41) is 5.86. The molecule has 2 aromatic carbocycles. The molecule has 2 N–H and O–H groups in total. The molecule has 1 fully saturated rings. The Labute approximate surface area is 178 Å². The molecule has 2 amide bonds. The molecule has 1 saturated heterocycles. The van der Waals surface area contributed by atoms with Crippen LogP contribution >= 0.6 is 0 Å². The van der Waals surface area contributed by atoms with Gasteiger partial charge in [0.1, 0.15) is 11.5 Å². The number of carbonyl (C=O) groups is 2. The minimum Gasteiger partial charge on any atom is -0.457 e. The molecule has 30 heavy (non-hydrogen) atoms. The van der Waals surface area contributed by atoms with Crippen LogP contribution in [0.15, 0.2) is 48.5 Å². The third-order valence-corrected chi connectivity index (χ3v) is 5.11. The molecular weight excluding hydrogens is 378 g/mol. The summed E-state index contributed by atoms with van der Waals surface area (Å²) in [6.07, 6.45) is 5.42. The average molecular weight is 410 g/mol. The van der Waals surface area contributed by atoms with Gasteiger partial charge in [0.05, 0.1) is 12.1 Å². The van der Waals surface area contributed by atoms with E-state index in [-0.39, 0.29) is 11.8 Å². The zero-order valence-electron chi connectivity index (χ0n) is 17.7. The van der Waals surface area contributed by atoms with Crippen molar-refractivity contribution in [2.75, 3.05) is 31.5 Å². The van der Waals surface area contributed by atoms with E-state index in [4.69, 9.17) is 4.74 Å². The Morgan fingerprint density at radius 1 is 1.03 bits per heavy atom. The number of nitrogens with one attached hydrogen (secondary N) is 2. The van der Waals surface area contributed by atoms with Crippen LogP contribution < -0.4 is 15.4 Å². The van der Waals surface area contributed by atoms with Crippen molar-refractivity contribution in [3.05, 3.63) is 54.1 Å². The summed E-state index contributed by atoms with van der Waals surface area (Å²) in [4.78, 5) is 27.4. The number of ether oxygens (including phenoxy) is 1. The Kier molecular flexibility index (Phi) is 8.27. The molecule has 0 unspecified atom stereocenters. The second kappa shape index (κ2) is 11.4. The number of piperidine rings is 1. The number of rotatable bonds is 9. The highest BCUT2D eigenvalue weighted by Crippen LogP contribution is 2.28. The van der Waals surface area contributed by atoms with Gasteiger partial charge in [0, 0.05) is 12.2 Å². The summed E-state index contributed by atoms with van der Waals surface area (Å²) in [7, 11) is 0. The van der Waals surface area contributed by atoms with Gasteiger partial charge in [-0.2, -0.15) is 0 Å². The van der Waals surface area contributed by atoms with Crippen LogP contribution in [0.25, 0.3) is 0 Å². The van der Waals surface area contributed by atoms with E-state index in [1.165, 1.54) is 6.42 Å². The Hall–Kier alpha value is -2.86. The number of carbonyl (C=O) groups excluding carboxylic acids is 2. The minimum absolute atomic E-state index is 0.0639. The van der Waals surface area contributed by atoms with Gasteiger partial charge in [-0.15, -0.1) is 0 Å². The lowest BCUT2D eigenvalue weighted by atomic mass is 10.1. The maximum absolute atomic E-state index is 12.8. The molecule has 160 valence electrons. The van der Waals surface area contributed by atoms with Crippen molar-refractivity contribution >= 4 is 17.5 Å². The summed E-state index contributed by atoms with van der Waals surface area (Å²) in [6, 6.07) is 14.5. The third-order valence-electron chi connectivity index (χ3n) is 5.11. The van der Waals surface area contributed by atoms with Gasteiger partial charge in [0.15, 0.2) is 0 Å². The minimum atomic E-state index is -0.207. The molecule has 0 aromatic heterocycles. The van der Waals surface area contributed by atoms with Crippen LogP contribution in [-0.4, -0.2) is 42.9 Å². The number of hydrogen-bond donors (Lipinski definition) is 2. The number of unbranched alkanes of at least 4 members (excludes halogenated alkanes) is 1. The van der Waals surface area contributed by atoms with E-state index in [1.54, 1.807) is 18.2 Å². The molecule has 0 radical (unpaired) electrons. The first-order chi connectivity index (χ1) is 14.7. The van der Waals surface area contributed by atoms with Gasteiger partial charge >= 0.3 is 0 Å². The molecule has 1 heterocycles. The smallest absolute Gasteiger partial charge is 0.255 e. The summed E-state index contributed by atoms with van der Waals surface area (Å²) in [5.41, 5.74) is 1.00. The van der Waals surface area contributed by atoms with Crippen LogP contribution in [0, 0.1) is 0 Å². The second-order valence-corrected chi connectivity index (χ2v) is 7.62. The lowest BCUT2D eigenvalue weighted by Crippen LogP contribution is -2.36. The molecule has 3 rings (SSSR count). The molecule has 6 heteroatoms. The maximum Gasteiger partial charge on any atom is 0.255 e. The Bertz CT molecular complexity index is 833. The van der Waals surface area contributed by atoms with Crippen LogP contribution in [0.2, 0.25) is 0 Å². The first-order valence-electron chi connectivity index (χ1n) is 10.8. The molecule has 0 aliphatic carbocycles. The summed E-state index contributed by atoms with van der Waals surface area (Å²) in [6.45, 7) is 4.98. The average Bonchev–Trinajstić information content (AvgIpc) is 2.76. The maximum atomic E-state index is 12.8. The van der Waals surface area contributed by atoms with Gasteiger partial charge in [-0.1, -0.05) is 38.0 Å². The number of para-hydroxylation sites is 1. The van der Waals surface area contributed by atoms with Crippen LogP contribution in [0.4, 0.5) is 5.69 Å². The van der Waals surface area contributed by atoms with Gasteiger partial charge < -0.3 is 15.4 Å². The SMILES string of the molecule is CCCCNC(=O)c1cc(NC(=O)CN2CCCCC2)ccc1Oc1ccccc1. The van der Waals surface area contributed by atoms with Crippen LogP contribution in [0.3, 0.4) is 0 Å². The third kappa shape index (κ3) is 6.59. The highest BCUT2D eigenvalue weighted by molar-refractivity contribution is 5.99. The monoisotopic (exact) mass is 409 g/mol. The van der Waals surface area contributed by atoms with Crippen molar-refractivity contribution in [2.24, 2.45) is 0 Å². The summed E-state index contributed by atoms with van der Waals surface area (Å²) in [5.74, 6) is 0.846. The van der Waals surface area contributed by atoms with E-state index in [9.17, 15) is 9.59 Å². The normalized spacial score (nSPS) is 14.2. The molecule has 0 spiro atoms. The highest BCUT2D eigenvalue weighted by atomic mass is 16.5. The van der Waals surface area contributed by atoms with Crippen molar-refractivity contribution in [3.63, 3.8) is 0 Å². The molecule has 1 aliphatic heterocycles. The van der Waals surface area contributed by atoms with Crippen molar-refractivity contribution < 1.29 is 14.3 Å². The van der Waals surface area contributed by atoms with Gasteiger partial charge in [0.2, 0.25) is 5.91 Å². The fourth-order valence-corrected chi connectivity index (χ4v) is 3.48. The van der Waals surface area contributed by atoms with Crippen molar-refractivity contribution in [3.8, 4) is 11.5 Å². The van der Waals surface area contributed by atoms with Crippen molar-refractivity contribution in [1.29, 1.82) is 0 Å². The molecule has 2 aromatic rings. The lowest BCUT2D eigenvalue weighted by Gasteiger charge is -2.25. The summed E-state index contributed by atoms with van der Waals surface area (Å²) >= 11 is 0. The van der Waals surface area contributed by atoms with E-state index in [1.807, 2.05) is 30.3 Å². The largest absolute Gasteiger partial charge is 0.457 e. The first kappa shape index (κ1) is 21.8. The van der Waals surface area contributed by atoms with E-state index < -0.39 is 0 Å². The number of hydrogen-bond acceptors (Lipinski definition) is 4. The fourth-order valence-electron chi connectivity index (χ4n) is 3.48. The van der Waals surface area contributed by atoms with Crippen molar-refractivity contribution in [1.82, 2.24) is 10.2 Å². The zero-order chi connectivity index (χ0) is 21.2. The number of anilines is 1. The van der Waals surface area contributed by atoms with Crippen molar-refractivity contribution in [2.45, 2.75) is 39.0 Å². The van der Waals surface area contributed by atoms with Crippen LogP contribution in [0.5, 0.6) is 11.5 Å². The molecule has 6 nitrogen and oxygen atoms in total. The van der Waals surface area contributed by atoms with E-state index in [0.29, 0.717) is 35.8 Å². The Balaban J connectivity index is 1.73. The second-order valence-electron chi connectivity index (χ2n) is 7.62. The quantitative estimate of drug-likeness (QED) is 0.601. The van der Waals surface area contributed by atoms with Gasteiger partial charge in [-0.05, 0) is 62.7 Å². The van der Waals surface area contributed by atoms with Crippen LogP contribution in [-0.2, 0) is 4.79 Å². The zero-order valence-corrected chi connectivity index (χ0v) is 17.7. The van der Waals surface area contributed by atoms with E-state index in [2.05, 4.69) is 22.5 Å². The number of amides is 2. The lowest BCUT2D eigenvalue weighted by molar-refractivity contribution is -0.117. The fraction of sp³-hybridized carbons (Fsp3) is 0.417. The standard InChI is InChI=1S/C24H31N3O3/c1-2-3-14-25-24(29)21-17-19(26-23(28)18-27-15-8-5-9-16-27)12-13-22(21)30-20-10-6-4-7-11-20/h4,6-7,10-13,17H,2-3,5,8-9,14-16,18H2,1H3,(H,25,29)(H,26,28). The molecule has 0 bridgehead atoms. The number of benzene rings is 2. The van der Waals surface area contributed by atoms with Crippen LogP contribution in [0.1, 0.15) is 49.4 Å². The topological polar surface area (TPSA) is 70.7 Å². The van der Waals surface area contributed by atoms with Gasteiger partial charge in [0.25, 0.3) is 5.91 Å². The first-order valence-corrected chi connectivity index (χ1v) is 10.8. The predicted octanol–water partition coefficient (Wildman–Crippen LogP) is 4.43. The van der Waals surface area contributed by atoms with E-state index >= 15 is 0 Å². The van der Waals surface area contributed by atoms with E-state index in [0.717, 1.165) is 38.8 Å². The molecular formula is C24H31N3O3. The molecule has 0 saturated carbocycles. The highest BCUT2D eigenvalue weighted by Gasteiger charge is 2.17. The Morgan fingerprint density at radius 2 is 1.80 bits per heavy atom. The molecule has 1 aliphatic rings. The predicted molar refractivity (Wildman–Crippen MR) is 119 cm³/mol. The number of nitrogens with zero attached hydrogens (tertiary/aromatic N) is 1. The number of likely N-dealkylation sites (tertiary alicyclic amines) is 1. The van der Waals surface area contributed by atoms with Gasteiger partial charge in [-0.25, -0.2) is 0 Å². The van der Waals surface area contributed by atoms with Gasteiger partial charge in [-0.3, -0.25) is 14.5 Å². The molecule has 0 atom stereocenters. The Morgan fingerprint density at radius 3 is 2.53 bits per heavy atom. The summed E-state index contributed by atoms with van der Waals surface area (Å²) < 4.78 is 5.94.